The molecule has 0 radical (unpaired) electrons. The average molecular weight is 316 g/mol. The zero-order valence-electron chi connectivity index (χ0n) is 14.1. The van der Waals surface area contributed by atoms with Gasteiger partial charge in [0.1, 0.15) is 0 Å². The molecule has 120 valence electrons. The number of hydrogen-bond donors (Lipinski definition) is 0. The summed E-state index contributed by atoms with van der Waals surface area (Å²) < 4.78 is 0. The Morgan fingerprint density at radius 3 is 2.41 bits per heavy atom. The van der Waals surface area contributed by atoms with E-state index in [1.807, 2.05) is 0 Å². The van der Waals surface area contributed by atoms with Crippen molar-refractivity contribution in [2.45, 2.75) is 71.1 Å². The number of hydrogen-bond acceptors (Lipinski definition) is 2. The molecular weight excluding hydrogens is 286 g/mol. The highest BCUT2D eigenvalue weighted by atomic mass is 32.1. The fraction of sp³-hybridized carbons (Fsp3) is 0.650. The highest BCUT2D eigenvalue weighted by Crippen LogP contribution is 2.39. The summed E-state index contributed by atoms with van der Waals surface area (Å²) in [4.78, 5) is 4.03. The van der Waals surface area contributed by atoms with Gasteiger partial charge in [-0.05, 0) is 60.5 Å². The number of benzene rings is 1. The van der Waals surface area contributed by atoms with Gasteiger partial charge in [0.2, 0.25) is 0 Å². The van der Waals surface area contributed by atoms with Crippen LogP contribution in [-0.4, -0.2) is 5.16 Å². The molecule has 2 heteroatoms. The van der Waals surface area contributed by atoms with Crippen molar-refractivity contribution in [2.75, 3.05) is 0 Å². The van der Waals surface area contributed by atoms with E-state index >= 15 is 0 Å². The van der Waals surface area contributed by atoms with Gasteiger partial charge in [-0.15, -0.1) is 0 Å². The van der Waals surface area contributed by atoms with E-state index in [1.165, 1.54) is 56.9 Å². The maximum Gasteiger partial charge on any atom is 0.0739 e. The molecule has 1 unspecified atom stereocenters. The first-order valence-electron chi connectivity index (χ1n) is 8.92. The highest BCUT2D eigenvalue weighted by Gasteiger charge is 2.25. The van der Waals surface area contributed by atoms with Crippen molar-refractivity contribution >= 4 is 23.1 Å². The Hall–Kier alpha value is -0.980. The van der Waals surface area contributed by atoms with Gasteiger partial charge in [0, 0.05) is 0 Å². The van der Waals surface area contributed by atoms with Crippen LogP contribution in [0.2, 0.25) is 0 Å². The van der Waals surface area contributed by atoms with E-state index in [9.17, 15) is 0 Å². The molecule has 0 aromatic heterocycles. The molecule has 0 amide bonds. The first-order valence-corrected chi connectivity index (χ1v) is 9.33. The Bertz CT molecular complexity index is 479. The van der Waals surface area contributed by atoms with Crippen LogP contribution in [0.25, 0.3) is 0 Å². The molecule has 0 spiro atoms. The molecule has 0 heterocycles. The molecule has 0 N–H and O–H groups in total. The second-order valence-corrected chi connectivity index (χ2v) is 7.04. The molecule has 1 saturated carbocycles. The molecule has 0 saturated heterocycles. The number of nitrogens with zero attached hydrogens (tertiary/aromatic N) is 1. The first kappa shape index (κ1) is 17.4. The molecular formula is C20H29NS. The fourth-order valence-corrected chi connectivity index (χ4v) is 3.94. The summed E-state index contributed by atoms with van der Waals surface area (Å²) in [5.74, 6) is 2.50. The molecule has 0 bridgehead atoms. The number of isothiocyanates is 1. The summed E-state index contributed by atoms with van der Waals surface area (Å²) in [7, 11) is 0. The minimum absolute atomic E-state index is 0.655. The lowest BCUT2D eigenvalue weighted by Gasteiger charge is -2.32. The minimum Gasteiger partial charge on any atom is -0.195 e. The molecule has 2 rings (SSSR count). The van der Waals surface area contributed by atoms with Crippen LogP contribution in [-0.2, 0) is 0 Å². The second kappa shape index (κ2) is 9.22. The van der Waals surface area contributed by atoms with Crippen LogP contribution >= 0.6 is 12.2 Å². The summed E-state index contributed by atoms with van der Waals surface area (Å²) in [6, 6.07) is 8.54. The summed E-state index contributed by atoms with van der Waals surface area (Å²) in [6.07, 6.45) is 11.3. The van der Waals surface area contributed by atoms with Crippen molar-refractivity contribution in [3.63, 3.8) is 0 Å². The maximum atomic E-state index is 4.65. The third-order valence-corrected chi connectivity index (χ3v) is 5.50. The van der Waals surface area contributed by atoms with E-state index in [4.69, 9.17) is 0 Å². The van der Waals surface area contributed by atoms with E-state index < -0.39 is 0 Å². The van der Waals surface area contributed by atoms with Crippen LogP contribution < -0.4 is 0 Å². The largest absolute Gasteiger partial charge is 0.195 e. The van der Waals surface area contributed by atoms with Gasteiger partial charge in [-0.2, -0.15) is 4.99 Å². The molecule has 1 nitrogen and oxygen atoms in total. The topological polar surface area (TPSA) is 12.4 Å². The van der Waals surface area contributed by atoms with E-state index in [0.717, 1.165) is 17.5 Å². The second-order valence-electron chi connectivity index (χ2n) is 6.86. The van der Waals surface area contributed by atoms with Crippen molar-refractivity contribution in [1.29, 1.82) is 0 Å². The summed E-state index contributed by atoms with van der Waals surface area (Å²) in [5.41, 5.74) is 2.35. The summed E-state index contributed by atoms with van der Waals surface area (Å²) in [6.45, 7) is 4.68. The Balaban J connectivity index is 1.83. The monoisotopic (exact) mass is 315 g/mol. The van der Waals surface area contributed by atoms with Gasteiger partial charge in [-0.25, -0.2) is 0 Å². The standard InChI is InChI=1S/C20H29NS/c1-3-4-5-6-17-7-9-18(10-8-17)16(2)19-11-13-20(14-12-19)21-15-22/h11-14,16-18H,3-10H2,1-2H3/t16?,17-,18-. The molecule has 22 heavy (non-hydrogen) atoms. The smallest absolute Gasteiger partial charge is 0.0739 e. The van der Waals surface area contributed by atoms with Gasteiger partial charge in [-0.1, -0.05) is 64.5 Å². The van der Waals surface area contributed by atoms with Gasteiger partial charge >= 0.3 is 0 Å². The summed E-state index contributed by atoms with van der Waals surface area (Å²) >= 11 is 4.65. The zero-order chi connectivity index (χ0) is 15.8. The van der Waals surface area contributed by atoms with Crippen molar-refractivity contribution in [3.05, 3.63) is 29.8 Å². The lowest BCUT2D eigenvalue weighted by molar-refractivity contribution is 0.236. The SMILES string of the molecule is CCCCC[C@H]1CC[C@H](C(C)c2ccc(N=C=S)cc2)CC1. The van der Waals surface area contributed by atoms with Crippen LogP contribution in [0.1, 0.15) is 76.7 Å². The van der Waals surface area contributed by atoms with Gasteiger partial charge in [0.15, 0.2) is 0 Å². The minimum atomic E-state index is 0.655. The molecule has 0 aliphatic heterocycles. The highest BCUT2D eigenvalue weighted by molar-refractivity contribution is 7.78. The van der Waals surface area contributed by atoms with E-state index in [-0.39, 0.29) is 0 Å². The maximum absolute atomic E-state index is 4.65. The fourth-order valence-electron chi connectivity index (χ4n) is 3.84. The number of aliphatic imine (C=N–C) groups is 1. The van der Waals surface area contributed by atoms with Crippen molar-refractivity contribution in [1.82, 2.24) is 0 Å². The van der Waals surface area contributed by atoms with Gasteiger partial charge in [-0.3, -0.25) is 0 Å². The van der Waals surface area contributed by atoms with Crippen molar-refractivity contribution in [2.24, 2.45) is 16.8 Å². The Kier molecular flexibility index (Phi) is 7.29. The Morgan fingerprint density at radius 2 is 1.82 bits per heavy atom. The predicted molar refractivity (Wildman–Crippen MR) is 99.1 cm³/mol. The lowest BCUT2D eigenvalue weighted by atomic mass is 9.73. The third kappa shape index (κ3) is 5.04. The predicted octanol–water partition coefficient (Wildman–Crippen LogP) is 6.91. The van der Waals surface area contributed by atoms with Crippen LogP contribution in [0.4, 0.5) is 5.69 Å². The third-order valence-electron chi connectivity index (χ3n) is 5.41. The lowest BCUT2D eigenvalue weighted by Crippen LogP contribution is -2.19. The number of rotatable bonds is 7. The van der Waals surface area contributed by atoms with E-state index in [2.05, 4.69) is 60.5 Å². The van der Waals surface area contributed by atoms with Crippen LogP contribution in [0.3, 0.4) is 0 Å². The summed E-state index contributed by atoms with van der Waals surface area (Å²) in [5, 5.41) is 2.43. The Morgan fingerprint density at radius 1 is 1.14 bits per heavy atom. The van der Waals surface area contributed by atoms with Crippen molar-refractivity contribution < 1.29 is 0 Å². The number of unbranched alkanes of at least 4 members (excludes halogenated alkanes) is 2. The molecule has 1 atom stereocenters. The van der Waals surface area contributed by atoms with Crippen LogP contribution in [0.15, 0.2) is 29.3 Å². The first-order chi connectivity index (χ1) is 10.7. The van der Waals surface area contributed by atoms with Crippen LogP contribution in [0.5, 0.6) is 0 Å². The number of thiocarbonyl (C=S) groups is 1. The van der Waals surface area contributed by atoms with Gasteiger partial charge in [0.25, 0.3) is 0 Å². The van der Waals surface area contributed by atoms with Crippen LogP contribution in [0, 0.1) is 11.8 Å². The molecule has 1 aliphatic carbocycles. The van der Waals surface area contributed by atoms with Gasteiger partial charge in [0.05, 0.1) is 10.8 Å². The molecule has 1 fully saturated rings. The average Bonchev–Trinajstić information content (AvgIpc) is 2.56. The quantitative estimate of drug-likeness (QED) is 0.302. The van der Waals surface area contributed by atoms with Crippen molar-refractivity contribution in [3.8, 4) is 0 Å². The normalized spacial score (nSPS) is 22.8. The Labute approximate surface area is 141 Å². The zero-order valence-corrected chi connectivity index (χ0v) is 14.9. The molecule has 1 aromatic rings. The van der Waals surface area contributed by atoms with Gasteiger partial charge < -0.3 is 0 Å². The molecule has 1 aromatic carbocycles. The molecule has 1 aliphatic rings. The van der Waals surface area contributed by atoms with E-state index in [0.29, 0.717) is 5.92 Å². The van der Waals surface area contributed by atoms with E-state index in [1.54, 1.807) is 0 Å².